The zero-order chi connectivity index (χ0) is 17.8. The normalized spacial score (nSPS) is 17.2. The summed E-state index contributed by atoms with van der Waals surface area (Å²) in [6, 6.07) is 9.73. The third-order valence-electron chi connectivity index (χ3n) is 4.45. The van der Waals surface area contributed by atoms with Gasteiger partial charge in [-0.25, -0.2) is 9.97 Å². The van der Waals surface area contributed by atoms with Crippen LogP contribution in [0.2, 0.25) is 0 Å². The molecule has 2 heterocycles. The molecule has 3 rings (SSSR count). The van der Waals surface area contributed by atoms with E-state index in [9.17, 15) is 9.59 Å². The lowest BCUT2D eigenvalue weighted by atomic mass is 10.0. The number of hydrogen-bond donors (Lipinski definition) is 1. The third kappa shape index (κ3) is 4.02. The summed E-state index contributed by atoms with van der Waals surface area (Å²) in [6.07, 6.45) is 3.32. The van der Waals surface area contributed by atoms with E-state index in [1.54, 1.807) is 17.2 Å². The van der Waals surface area contributed by atoms with Gasteiger partial charge in [-0.2, -0.15) is 0 Å². The maximum Gasteiger partial charge on any atom is 0.227 e. The van der Waals surface area contributed by atoms with E-state index >= 15 is 0 Å². The number of carbonyl (C=O) groups excluding carboxylic acids is 2. The van der Waals surface area contributed by atoms with E-state index in [2.05, 4.69) is 29.1 Å². The second-order valence-electron chi connectivity index (χ2n) is 6.57. The van der Waals surface area contributed by atoms with Crippen LogP contribution in [0.15, 0.2) is 42.9 Å². The molecule has 0 radical (unpaired) electrons. The van der Waals surface area contributed by atoms with Crippen LogP contribution in [0.5, 0.6) is 0 Å². The van der Waals surface area contributed by atoms with Crippen LogP contribution in [-0.4, -0.2) is 28.3 Å². The number of aromatic nitrogens is 2. The van der Waals surface area contributed by atoms with Gasteiger partial charge in [0, 0.05) is 24.8 Å². The van der Waals surface area contributed by atoms with E-state index < -0.39 is 0 Å². The largest absolute Gasteiger partial charge is 0.350 e. The van der Waals surface area contributed by atoms with Crippen molar-refractivity contribution in [3.8, 4) is 0 Å². The first-order valence-corrected chi connectivity index (χ1v) is 8.47. The lowest BCUT2D eigenvalue weighted by Gasteiger charge is -2.17. The molecule has 25 heavy (non-hydrogen) atoms. The molecule has 6 heteroatoms. The number of nitrogens with one attached hydrogen (secondary N) is 1. The zero-order valence-corrected chi connectivity index (χ0v) is 14.5. The number of carbonyl (C=O) groups is 2. The van der Waals surface area contributed by atoms with Crippen molar-refractivity contribution in [3.63, 3.8) is 0 Å². The van der Waals surface area contributed by atoms with Crippen molar-refractivity contribution in [1.29, 1.82) is 0 Å². The molecule has 1 aromatic heterocycles. The van der Waals surface area contributed by atoms with Gasteiger partial charge in [0.05, 0.1) is 18.2 Å². The molecule has 1 saturated heterocycles. The highest BCUT2D eigenvalue weighted by Crippen LogP contribution is 2.27. The number of hydrogen-bond acceptors (Lipinski definition) is 4. The molecular formula is C19H22N4O2. The van der Waals surface area contributed by atoms with Gasteiger partial charge in [-0.1, -0.05) is 26.0 Å². The second kappa shape index (κ2) is 7.42. The summed E-state index contributed by atoms with van der Waals surface area (Å²) >= 11 is 0. The quantitative estimate of drug-likeness (QED) is 0.907. The molecule has 0 bridgehead atoms. The highest BCUT2D eigenvalue weighted by atomic mass is 16.2. The van der Waals surface area contributed by atoms with E-state index in [4.69, 9.17) is 0 Å². The van der Waals surface area contributed by atoms with Crippen molar-refractivity contribution in [2.24, 2.45) is 5.92 Å². The fourth-order valence-electron chi connectivity index (χ4n) is 2.92. The first-order chi connectivity index (χ1) is 12.0. The Balaban J connectivity index is 1.60. The van der Waals surface area contributed by atoms with Crippen molar-refractivity contribution in [3.05, 3.63) is 54.1 Å². The SMILES string of the molecule is CC(C)c1ccc(N2CC(C(=O)NCc3ccncn3)CC2=O)cc1. The highest BCUT2D eigenvalue weighted by molar-refractivity contribution is 6.00. The molecule has 1 atom stereocenters. The standard InChI is InChI=1S/C19H22N4O2/c1-13(2)14-3-5-17(6-4-14)23-11-15(9-18(23)24)19(25)21-10-16-7-8-20-12-22-16/h3-8,12-13,15H,9-11H2,1-2H3,(H,21,25). The van der Waals surface area contributed by atoms with Gasteiger partial charge in [-0.05, 0) is 29.7 Å². The monoisotopic (exact) mass is 338 g/mol. The van der Waals surface area contributed by atoms with E-state index in [0.29, 0.717) is 19.0 Å². The first-order valence-electron chi connectivity index (χ1n) is 8.47. The van der Waals surface area contributed by atoms with Crippen molar-refractivity contribution < 1.29 is 9.59 Å². The number of benzene rings is 1. The van der Waals surface area contributed by atoms with Gasteiger partial charge in [0.1, 0.15) is 6.33 Å². The first kappa shape index (κ1) is 17.1. The van der Waals surface area contributed by atoms with Gasteiger partial charge in [-0.3, -0.25) is 9.59 Å². The average molecular weight is 338 g/mol. The van der Waals surface area contributed by atoms with Gasteiger partial charge >= 0.3 is 0 Å². The number of anilines is 1. The minimum atomic E-state index is -0.334. The summed E-state index contributed by atoms with van der Waals surface area (Å²) in [7, 11) is 0. The maximum absolute atomic E-state index is 12.4. The van der Waals surface area contributed by atoms with Crippen molar-refractivity contribution >= 4 is 17.5 Å². The summed E-state index contributed by atoms with van der Waals surface area (Å²) in [6.45, 7) is 5.02. The minimum absolute atomic E-state index is 0.0144. The van der Waals surface area contributed by atoms with Crippen molar-refractivity contribution in [2.75, 3.05) is 11.4 Å². The summed E-state index contributed by atoms with van der Waals surface area (Å²) in [5, 5.41) is 2.85. The molecule has 0 aliphatic carbocycles. The molecule has 1 fully saturated rings. The van der Waals surface area contributed by atoms with Crippen molar-refractivity contribution in [2.45, 2.75) is 32.7 Å². The van der Waals surface area contributed by atoms with Crippen LogP contribution >= 0.6 is 0 Å². The Morgan fingerprint density at radius 2 is 2.04 bits per heavy atom. The van der Waals surface area contributed by atoms with Crippen LogP contribution in [0.1, 0.15) is 37.4 Å². The van der Waals surface area contributed by atoms with Crippen LogP contribution in [0.25, 0.3) is 0 Å². The Hall–Kier alpha value is -2.76. The van der Waals surface area contributed by atoms with E-state index in [1.165, 1.54) is 11.9 Å². The number of amides is 2. The minimum Gasteiger partial charge on any atom is -0.350 e. The van der Waals surface area contributed by atoms with Gasteiger partial charge in [0.2, 0.25) is 11.8 Å². The molecule has 0 spiro atoms. The molecule has 130 valence electrons. The Kier molecular flexibility index (Phi) is 5.07. The van der Waals surface area contributed by atoms with Gasteiger partial charge < -0.3 is 10.2 Å². The molecule has 1 aliphatic heterocycles. The molecule has 0 saturated carbocycles. The fourth-order valence-corrected chi connectivity index (χ4v) is 2.92. The summed E-state index contributed by atoms with van der Waals surface area (Å²) in [5.41, 5.74) is 2.82. The molecule has 1 N–H and O–H groups in total. The Morgan fingerprint density at radius 1 is 1.28 bits per heavy atom. The van der Waals surface area contributed by atoms with Crippen LogP contribution in [0.4, 0.5) is 5.69 Å². The number of nitrogens with zero attached hydrogens (tertiary/aromatic N) is 3. The lowest BCUT2D eigenvalue weighted by Crippen LogP contribution is -2.32. The van der Waals surface area contributed by atoms with E-state index in [-0.39, 0.29) is 24.2 Å². The molecule has 1 unspecified atom stereocenters. The second-order valence-corrected chi connectivity index (χ2v) is 6.57. The van der Waals surface area contributed by atoms with Crippen LogP contribution in [0.3, 0.4) is 0 Å². The summed E-state index contributed by atoms with van der Waals surface area (Å²) in [4.78, 5) is 34.3. The predicted molar refractivity (Wildman–Crippen MR) is 94.9 cm³/mol. The van der Waals surface area contributed by atoms with Crippen molar-refractivity contribution in [1.82, 2.24) is 15.3 Å². The Bertz CT molecular complexity index is 744. The van der Waals surface area contributed by atoms with Crippen LogP contribution < -0.4 is 10.2 Å². The van der Waals surface area contributed by atoms with Gasteiger partial charge in [0.25, 0.3) is 0 Å². The van der Waals surface area contributed by atoms with E-state index in [0.717, 1.165) is 11.4 Å². The number of rotatable bonds is 5. The smallest absolute Gasteiger partial charge is 0.227 e. The molecule has 6 nitrogen and oxygen atoms in total. The molecule has 2 aromatic rings. The van der Waals surface area contributed by atoms with Gasteiger partial charge in [-0.15, -0.1) is 0 Å². The Labute approximate surface area is 147 Å². The third-order valence-corrected chi connectivity index (χ3v) is 4.45. The Morgan fingerprint density at radius 3 is 2.68 bits per heavy atom. The van der Waals surface area contributed by atoms with Crippen LogP contribution in [0, 0.1) is 5.92 Å². The summed E-state index contributed by atoms with van der Waals surface area (Å²) < 4.78 is 0. The maximum atomic E-state index is 12.4. The highest BCUT2D eigenvalue weighted by Gasteiger charge is 2.35. The fraction of sp³-hybridized carbons (Fsp3) is 0.368. The van der Waals surface area contributed by atoms with Gasteiger partial charge in [0.15, 0.2) is 0 Å². The summed E-state index contributed by atoms with van der Waals surface area (Å²) in [5.74, 6) is -0.0180. The molecule has 1 aromatic carbocycles. The molecule has 1 aliphatic rings. The average Bonchev–Trinajstić information content (AvgIpc) is 3.02. The topological polar surface area (TPSA) is 75.2 Å². The lowest BCUT2D eigenvalue weighted by molar-refractivity contribution is -0.126. The zero-order valence-electron chi connectivity index (χ0n) is 14.5. The van der Waals surface area contributed by atoms with E-state index in [1.807, 2.05) is 24.3 Å². The molecule has 2 amide bonds. The van der Waals surface area contributed by atoms with Crippen LogP contribution in [-0.2, 0) is 16.1 Å². The predicted octanol–water partition coefficient (Wildman–Crippen LogP) is 2.27. The molecular weight excluding hydrogens is 316 g/mol.